The Morgan fingerprint density at radius 1 is 1.57 bits per heavy atom. The molecule has 78 valence electrons. The fourth-order valence-electron chi connectivity index (χ4n) is 0.860. The molecule has 0 radical (unpaired) electrons. The average molecular weight is 198 g/mol. The number of rotatable bonds is 3. The number of carbonyl (C=O) groups is 1. The zero-order chi connectivity index (χ0) is 10.7. The van der Waals surface area contributed by atoms with Crippen molar-refractivity contribution in [1.82, 2.24) is 15.5 Å². The van der Waals surface area contributed by atoms with Crippen LogP contribution in [0.1, 0.15) is 36.4 Å². The largest absolute Gasteiger partial charge is 0.352 e. The van der Waals surface area contributed by atoms with Crippen LogP contribution in [0.3, 0.4) is 0 Å². The highest BCUT2D eigenvalue weighted by atomic mass is 16.5. The summed E-state index contributed by atoms with van der Waals surface area (Å²) < 4.78 is 4.86. The van der Waals surface area contributed by atoms with Gasteiger partial charge in [-0.3, -0.25) is 4.79 Å². The Morgan fingerprint density at radius 3 is 2.71 bits per heavy atom. The van der Waals surface area contributed by atoms with Crippen molar-refractivity contribution in [2.75, 3.05) is 7.05 Å². The summed E-state index contributed by atoms with van der Waals surface area (Å²) in [5, 5.41) is 5.91. The van der Waals surface area contributed by atoms with Gasteiger partial charge < -0.3 is 15.6 Å². The van der Waals surface area contributed by atoms with E-state index in [9.17, 15) is 4.79 Å². The van der Waals surface area contributed by atoms with Gasteiger partial charge in [-0.15, -0.1) is 0 Å². The predicted molar refractivity (Wildman–Crippen MR) is 49.5 cm³/mol. The van der Waals surface area contributed by atoms with Gasteiger partial charge in [0.25, 0.3) is 11.7 Å². The lowest BCUT2D eigenvalue weighted by Crippen LogP contribution is -2.20. The molecule has 0 aliphatic carbocycles. The SMILES string of the molecule is CNC(=O)c1noc(C(N)C(C)C)n1. The normalized spacial score (nSPS) is 12.9. The molecule has 0 bridgehead atoms. The summed E-state index contributed by atoms with van der Waals surface area (Å²) in [7, 11) is 1.50. The Hall–Kier alpha value is -1.43. The molecule has 0 fully saturated rings. The monoisotopic (exact) mass is 198 g/mol. The number of nitrogens with one attached hydrogen (secondary N) is 1. The molecule has 0 saturated heterocycles. The van der Waals surface area contributed by atoms with E-state index in [1.165, 1.54) is 7.05 Å². The molecule has 1 aromatic rings. The molecule has 1 heterocycles. The number of hydrogen-bond donors (Lipinski definition) is 2. The molecule has 0 saturated carbocycles. The summed E-state index contributed by atoms with van der Waals surface area (Å²) in [6.07, 6.45) is 0. The molecule has 1 aromatic heterocycles. The van der Waals surface area contributed by atoms with E-state index in [1.807, 2.05) is 13.8 Å². The second-order valence-corrected chi connectivity index (χ2v) is 3.31. The van der Waals surface area contributed by atoms with Gasteiger partial charge in [0.05, 0.1) is 6.04 Å². The van der Waals surface area contributed by atoms with Gasteiger partial charge in [0.15, 0.2) is 0 Å². The molecule has 1 atom stereocenters. The Bertz CT molecular complexity index is 321. The van der Waals surface area contributed by atoms with Gasteiger partial charge in [-0.25, -0.2) is 0 Å². The molecule has 0 aromatic carbocycles. The van der Waals surface area contributed by atoms with E-state index in [0.29, 0.717) is 5.89 Å². The van der Waals surface area contributed by atoms with Crippen LogP contribution < -0.4 is 11.1 Å². The summed E-state index contributed by atoms with van der Waals surface area (Å²) in [5.41, 5.74) is 5.76. The van der Waals surface area contributed by atoms with E-state index in [0.717, 1.165) is 0 Å². The Labute approximate surface area is 81.9 Å². The van der Waals surface area contributed by atoms with Gasteiger partial charge in [-0.2, -0.15) is 4.98 Å². The molecule has 6 heteroatoms. The average Bonchev–Trinajstić information content (AvgIpc) is 2.64. The minimum absolute atomic E-state index is 0.0126. The van der Waals surface area contributed by atoms with Crippen molar-refractivity contribution in [3.8, 4) is 0 Å². The van der Waals surface area contributed by atoms with Crippen molar-refractivity contribution in [1.29, 1.82) is 0 Å². The van der Waals surface area contributed by atoms with Crippen LogP contribution in [0.15, 0.2) is 4.52 Å². The third-order valence-electron chi connectivity index (χ3n) is 1.88. The number of aromatic nitrogens is 2. The zero-order valence-corrected chi connectivity index (χ0v) is 8.44. The first-order valence-corrected chi connectivity index (χ1v) is 4.37. The highest BCUT2D eigenvalue weighted by Gasteiger charge is 2.20. The maximum Gasteiger partial charge on any atom is 0.292 e. The van der Waals surface area contributed by atoms with Gasteiger partial charge in [-0.1, -0.05) is 19.0 Å². The number of amides is 1. The molecular weight excluding hydrogens is 184 g/mol. The lowest BCUT2D eigenvalue weighted by atomic mass is 10.1. The number of hydrogen-bond acceptors (Lipinski definition) is 5. The van der Waals surface area contributed by atoms with E-state index in [-0.39, 0.29) is 23.7 Å². The zero-order valence-electron chi connectivity index (χ0n) is 8.44. The molecule has 1 rings (SSSR count). The molecular formula is C8H14N4O2. The van der Waals surface area contributed by atoms with E-state index < -0.39 is 0 Å². The smallest absolute Gasteiger partial charge is 0.292 e. The fourth-order valence-corrected chi connectivity index (χ4v) is 0.860. The second-order valence-electron chi connectivity index (χ2n) is 3.31. The third kappa shape index (κ3) is 2.08. The van der Waals surface area contributed by atoms with E-state index in [2.05, 4.69) is 15.5 Å². The summed E-state index contributed by atoms with van der Waals surface area (Å²) in [6, 6.07) is -0.332. The van der Waals surface area contributed by atoms with E-state index >= 15 is 0 Å². The van der Waals surface area contributed by atoms with Crippen LogP contribution in [-0.4, -0.2) is 23.1 Å². The maximum atomic E-state index is 11.1. The van der Waals surface area contributed by atoms with Gasteiger partial charge in [0.2, 0.25) is 5.89 Å². The maximum absolute atomic E-state index is 11.1. The van der Waals surface area contributed by atoms with Gasteiger partial charge in [0.1, 0.15) is 0 Å². The quantitative estimate of drug-likeness (QED) is 0.717. The lowest BCUT2D eigenvalue weighted by molar-refractivity contribution is 0.0950. The molecule has 14 heavy (non-hydrogen) atoms. The summed E-state index contributed by atoms with van der Waals surface area (Å²) in [6.45, 7) is 3.88. The van der Waals surface area contributed by atoms with Crippen LogP contribution in [0, 0.1) is 5.92 Å². The van der Waals surface area contributed by atoms with Crippen LogP contribution in [0.4, 0.5) is 0 Å². The molecule has 0 aliphatic rings. The van der Waals surface area contributed by atoms with Crippen molar-refractivity contribution >= 4 is 5.91 Å². The second kappa shape index (κ2) is 4.19. The van der Waals surface area contributed by atoms with Crippen molar-refractivity contribution in [3.05, 3.63) is 11.7 Å². The summed E-state index contributed by atoms with van der Waals surface area (Å²) in [4.78, 5) is 15.0. The van der Waals surface area contributed by atoms with Crippen LogP contribution in [0.5, 0.6) is 0 Å². The van der Waals surface area contributed by atoms with Crippen molar-refractivity contribution < 1.29 is 9.32 Å². The lowest BCUT2D eigenvalue weighted by Gasteiger charge is -2.08. The highest BCUT2D eigenvalue weighted by Crippen LogP contribution is 2.16. The highest BCUT2D eigenvalue weighted by molar-refractivity contribution is 5.89. The molecule has 1 amide bonds. The van der Waals surface area contributed by atoms with Crippen LogP contribution in [0.25, 0.3) is 0 Å². The van der Waals surface area contributed by atoms with Crippen LogP contribution >= 0.6 is 0 Å². The first kappa shape index (κ1) is 10.6. The number of nitrogens with zero attached hydrogens (tertiary/aromatic N) is 2. The van der Waals surface area contributed by atoms with Crippen LogP contribution in [-0.2, 0) is 0 Å². The predicted octanol–water partition coefficient (Wildman–Crippen LogP) is 0.0850. The van der Waals surface area contributed by atoms with Gasteiger partial charge in [-0.05, 0) is 5.92 Å². The topological polar surface area (TPSA) is 94.0 Å². The minimum atomic E-state index is -0.379. The number of carbonyl (C=O) groups excluding carboxylic acids is 1. The Balaban J connectivity index is 2.82. The fraction of sp³-hybridized carbons (Fsp3) is 0.625. The van der Waals surface area contributed by atoms with Crippen molar-refractivity contribution in [3.63, 3.8) is 0 Å². The van der Waals surface area contributed by atoms with Crippen molar-refractivity contribution in [2.45, 2.75) is 19.9 Å². The first-order valence-electron chi connectivity index (χ1n) is 4.37. The van der Waals surface area contributed by atoms with Gasteiger partial charge in [0, 0.05) is 7.05 Å². The van der Waals surface area contributed by atoms with Gasteiger partial charge >= 0.3 is 0 Å². The molecule has 0 aliphatic heterocycles. The third-order valence-corrected chi connectivity index (χ3v) is 1.88. The Kier molecular flexibility index (Phi) is 3.19. The molecule has 0 spiro atoms. The van der Waals surface area contributed by atoms with Crippen LogP contribution in [0.2, 0.25) is 0 Å². The standard InChI is InChI=1S/C8H14N4O2/c1-4(2)5(9)8-11-6(12-14-8)7(13)10-3/h4-5H,9H2,1-3H3,(H,10,13). The van der Waals surface area contributed by atoms with Crippen molar-refractivity contribution in [2.24, 2.45) is 11.7 Å². The van der Waals surface area contributed by atoms with E-state index in [1.54, 1.807) is 0 Å². The molecule has 1 unspecified atom stereocenters. The molecule has 3 N–H and O–H groups in total. The summed E-state index contributed by atoms with van der Waals surface area (Å²) in [5.74, 6) is 0.112. The summed E-state index contributed by atoms with van der Waals surface area (Å²) >= 11 is 0. The minimum Gasteiger partial charge on any atom is -0.352 e. The first-order chi connectivity index (χ1) is 6.56. The molecule has 6 nitrogen and oxygen atoms in total. The van der Waals surface area contributed by atoms with E-state index in [4.69, 9.17) is 10.3 Å². The Morgan fingerprint density at radius 2 is 2.21 bits per heavy atom. The number of nitrogens with two attached hydrogens (primary N) is 1.